The average molecular weight is 249 g/mol. The molecule has 0 saturated heterocycles. The molecule has 0 aliphatic carbocycles. The predicted molar refractivity (Wildman–Crippen MR) is 68.6 cm³/mol. The normalized spacial score (nSPS) is 26.8. The van der Waals surface area contributed by atoms with Gasteiger partial charge in [0.15, 0.2) is 0 Å². The number of thioether (sulfide) groups is 2. The molecule has 0 aromatic heterocycles. The monoisotopic (exact) mass is 249 g/mol. The van der Waals surface area contributed by atoms with Crippen LogP contribution in [-0.2, 0) is 4.75 Å². The third-order valence-electron chi connectivity index (χ3n) is 2.77. The zero-order chi connectivity index (χ0) is 11.2. The van der Waals surface area contributed by atoms with Gasteiger partial charge in [0.1, 0.15) is 4.38 Å². The van der Waals surface area contributed by atoms with Crippen LogP contribution in [-0.4, -0.2) is 23.1 Å². The van der Waals surface area contributed by atoms with Crippen LogP contribution in [0.5, 0.6) is 0 Å². The van der Waals surface area contributed by atoms with E-state index in [1.165, 1.54) is 0 Å². The van der Waals surface area contributed by atoms with Gasteiger partial charge in [0.05, 0.1) is 17.0 Å². The minimum absolute atomic E-state index is 0.0634. The van der Waals surface area contributed by atoms with E-state index in [-0.39, 0.29) is 5.90 Å². The lowest BCUT2D eigenvalue weighted by Gasteiger charge is -2.28. The second-order valence-corrected chi connectivity index (χ2v) is 5.99. The minimum Gasteiger partial charge on any atom is -0.860 e. The Bertz CT molecular complexity index is 512. The molecule has 5 heteroatoms. The molecule has 3 nitrogen and oxygen atoms in total. The van der Waals surface area contributed by atoms with Crippen molar-refractivity contribution in [1.82, 2.24) is 0 Å². The zero-order valence-corrected chi connectivity index (χ0v) is 10.3. The number of para-hydroxylation sites is 1. The number of fused-ring (bicyclic) bond motifs is 2. The lowest BCUT2D eigenvalue weighted by Crippen LogP contribution is -2.39. The lowest BCUT2D eigenvalue weighted by molar-refractivity contribution is -0.220. The molecule has 0 bridgehead atoms. The van der Waals surface area contributed by atoms with Crippen LogP contribution in [0.15, 0.2) is 34.3 Å². The first-order chi connectivity index (χ1) is 7.76. The van der Waals surface area contributed by atoms with Crippen LogP contribution in [0.25, 0.3) is 0 Å². The van der Waals surface area contributed by atoms with Gasteiger partial charge in [-0.05, 0) is 18.2 Å². The molecule has 1 aromatic carbocycles. The molecule has 0 fully saturated rings. The van der Waals surface area contributed by atoms with Gasteiger partial charge in [0.2, 0.25) is 0 Å². The number of hydrogen-bond donors (Lipinski definition) is 0. The van der Waals surface area contributed by atoms with Crippen LogP contribution in [0.3, 0.4) is 0 Å². The summed E-state index contributed by atoms with van der Waals surface area (Å²) >= 11 is 3.13. The maximum atomic E-state index is 12.0. The molecule has 0 radical (unpaired) electrons. The van der Waals surface area contributed by atoms with Crippen molar-refractivity contribution in [3.8, 4) is 0 Å². The predicted octanol–water partition coefficient (Wildman–Crippen LogP) is 1.75. The largest absolute Gasteiger partial charge is 0.860 e. The Morgan fingerprint density at radius 1 is 1.44 bits per heavy atom. The first-order valence-electron chi connectivity index (χ1n) is 4.89. The summed E-state index contributed by atoms with van der Waals surface area (Å²) in [4.78, 5) is 8.51. The highest BCUT2D eigenvalue weighted by Crippen LogP contribution is 2.51. The highest BCUT2D eigenvalue weighted by molar-refractivity contribution is 8.39. The van der Waals surface area contributed by atoms with Crippen molar-refractivity contribution < 1.29 is 5.11 Å². The molecule has 2 aliphatic rings. The van der Waals surface area contributed by atoms with E-state index >= 15 is 0 Å². The van der Waals surface area contributed by atoms with Gasteiger partial charge in [-0.3, -0.25) is 9.98 Å². The summed E-state index contributed by atoms with van der Waals surface area (Å²) in [6, 6.07) is 7.73. The van der Waals surface area contributed by atoms with Gasteiger partial charge in [-0.15, -0.1) is 11.8 Å². The van der Waals surface area contributed by atoms with Crippen LogP contribution in [0, 0.1) is 0 Å². The van der Waals surface area contributed by atoms with E-state index in [2.05, 4.69) is 9.98 Å². The van der Waals surface area contributed by atoms with E-state index in [0.717, 1.165) is 15.6 Å². The van der Waals surface area contributed by atoms with Crippen LogP contribution in [0.1, 0.15) is 5.56 Å². The van der Waals surface area contributed by atoms with Crippen molar-refractivity contribution in [3.63, 3.8) is 0 Å². The molecule has 0 N–H and O–H groups in total. The Hall–Kier alpha value is -0.940. The van der Waals surface area contributed by atoms with Gasteiger partial charge < -0.3 is 5.11 Å². The van der Waals surface area contributed by atoms with E-state index in [1.54, 1.807) is 23.5 Å². The van der Waals surface area contributed by atoms with Crippen molar-refractivity contribution in [2.45, 2.75) is 4.75 Å². The summed E-state index contributed by atoms with van der Waals surface area (Å²) < 4.78 is 0.412. The minimum atomic E-state index is -0.561. The van der Waals surface area contributed by atoms with Gasteiger partial charge in [-0.25, -0.2) is 0 Å². The quantitative estimate of drug-likeness (QED) is 0.704. The number of aliphatic imine (C=N–C) groups is 2. The third-order valence-corrected chi connectivity index (χ3v) is 5.18. The van der Waals surface area contributed by atoms with E-state index in [1.807, 2.05) is 30.5 Å². The molecular formula is C11H9N2OS2-. The Kier molecular flexibility index (Phi) is 2.26. The lowest BCUT2D eigenvalue weighted by atomic mass is 9.99. The molecular weight excluding hydrogens is 240 g/mol. The topological polar surface area (TPSA) is 47.8 Å². The van der Waals surface area contributed by atoms with Crippen molar-refractivity contribution in [3.05, 3.63) is 29.8 Å². The fraction of sp³-hybridized carbons (Fsp3) is 0.273. The van der Waals surface area contributed by atoms with Crippen LogP contribution < -0.4 is 5.11 Å². The smallest absolute Gasteiger partial charge is 0.125 e. The molecule has 0 saturated carbocycles. The number of hydrogen-bond acceptors (Lipinski definition) is 5. The summed E-state index contributed by atoms with van der Waals surface area (Å²) in [5, 5.41) is 12.0. The highest BCUT2D eigenvalue weighted by atomic mass is 32.2. The first-order valence-corrected chi connectivity index (χ1v) is 6.93. The average Bonchev–Trinajstić information content (AvgIpc) is 2.85. The summed E-state index contributed by atoms with van der Waals surface area (Å²) in [5.41, 5.74) is 1.82. The zero-order valence-electron chi connectivity index (χ0n) is 8.64. The van der Waals surface area contributed by atoms with E-state index < -0.39 is 4.75 Å². The highest BCUT2D eigenvalue weighted by Gasteiger charge is 2.43. The molecule has 2 aliphatic heterocycles. The van der Waals surface area contributed by atoms with Gasteiger partial charge in [0, 0.05) is 5.56 Å². The van der Waals surface area contributed by atoms with Gasteiger partial charge in [-0.2, -0.15) is 0 Å². The fourth-order valence-electron chi connectivity index (χ4n) is 1.97. The summed E-state index contributed by atoms with van der Waals surface area (Å²) in [6.45, 7) is 0.521. The Morgan fingerprint density at radius 2 is 2.25 bits per heavy atom. The fourth-order valence-corrected chi connectivity index (χ4v) is 3.90. The maximum absolute atomic E-state index is 12.0. The summed E-state index contributed by atoms with van der Waals surface area (Å²) in [5.74, 6) is -0.0634. The third kappa shape index (κ3) is 1.25. The van der Waals surface area contributed by atoms with Crippen LogP contribution in [0.4, 0.5) is 5.69 Å². The SMILES string of the molecule is CSC1=NC[C@]2(S1)C([O-])=Nc1ccccc12. The Labute approximate surface area is 102 Å². The van der Waals surface area contributed by atoms with Crippen molar-refractivity contribution >= 4 is 39.5 Å². The maximum Gasteiger partial charge on any atom is 0.125 e. The molecule has 1 aromatic rings. The number of benzene rings is 1. The van der Waals surface area contributed by atoms with Gasteiger partial charge in [0.25, 0.3) is 0 Å². The van der Waals surface area contributed by atoms with E-state index in [9.17, 15) is 5.11 Å². The van der Waals surface area contributed by atoms with Crippen molar-refractivity contribution in [1.29, 1.82) is 0 Å². The Morgan fingerprint density at radius 3 is 3.00 bits per heavy atom. The van der Waals surface area contributed by atoms with Gasteiger partial charge in [-0.1, -0.05) is 30.0 Å². The van der Waals surface area contributed by atoms with Gasteiger partial charge >= 0.3 is 0 Å². The van der Waals surface area contributed by atoms with Crippen molar-refractivity contribution in [2.24, 2.45) is 9.98 Å². The molecule has 2 heterocycles. The second kappa shape index (κ2) is 3.53. The van der Waals surface area contributed by atoms with Crippen molar-refractivity contribution in [2.75, 3.05) is 12.8 Å². The molecule has 82 valence electrons. The first kappa shape index (κ1) is 10.2. The molecule has 1 spiro atoms. The number of rotatable bonds is 0. The van der Waals surface area contributed by atoms with Crippen LogP contribution in [0.2, 0.25) is 0 Å². The Balaban J connectivity index is 2.08. The molecule has 3 rings (SSSR count). The molecule has 16 heavy (non-hydrogen) atoms. The standard InChI is InChI=1S/C11H10N2OS2/c1-15-10-12-6-11(16-10)7-4-2-3-5-8(7)13-9(11)14/h2-5H,6H2,1H3,(H,13,14)/p-1/t11-/m1/s1. The number of nitrogens with zero attached hydrogens (tertiary/aromatic N) is 2. The van der Waals surface area contributed by atoms with Crippen LogP contribution >= 0.6 is 23.5 Å². The summed E-state index contributed by atoms with van der Waals surface area (Å²) in [7, 11) is 0. The second-order valence-electron chi connectivity index (χ2n) is 3.65. The van der Waals surface area contributed by atoms with E-state index in [4.69, 9.17) is 0 Å². The van der Waals surface area contributed by atoms with E-state index in [0.29, 0.717) is 6.54 Å². The molecule has 0 unspecified atom stereocenters. The molecule has 1 atom stereocenters. The molecule has 0 amide bonds. The summed E-state index contributed by atoms with van der Waals surface area (Å²) in [6.07, 6.45) is 1.98.